The normalized spacial score (nSPS) is 11.6. The summed E-state index contributed by atoms with van der Waals surface area (Å²) in [5.41, 5.74) is -0.328. The smallest absolute Gasteiger partial charge is 0.344 e. The second-order valence-corrected chi connectivity index (χ2v) is 5.86. The van der Waals surface area contributed by atoms with E-state index < -0.39 is 26.9 Å². The Morgan fingerprint density at radius 3 is 2.47 bits per heavy atom. The largest absolute Gasteiger partial charge is 0.459 e. The summed E-state index contributed by atoms with van der Waals surface area (Å²) in [5, 5.41) is -0.672. The third-order valence-corrected chi connectivity index (χ3v) is 2.96. The number of hydrogen-bond donors (Lipinski definition) is 0. The van der Waals surface area contributed by atoms with Crippen LogP contribution in [-0.2, 0) is 14.6 Å². The highest BCUT2D eigenvalue weighted by Gasteiger charge is 2.26. The van der Waals surface area contributed by atoms with E-state index in [0.717, 1.165) is 12.6 Å². The summed E-state index contributed by atoms with van der Waals surface area (Å²) in [6.45, 7) is 3.27. The molecule has 0 amide bonds. The van der Waals surface area contributed by atoms with E-state index in [0.29, 0.717) is 0 Å². The average molecular weight is 279 g/mol. The van der Waals surface area contributed by atoms with Gasteiger partial charge in [0.05, 0.1) is 6.10 Å². The lowest BCUT2D eigenvalue weighted by molar-refractivity contribution is 0.0372. The zero-order chi connectivity index (χ0) is 13.2. The van der Waals surface area contributed by atoms with E-state index in [-0.39, 0.29) is 10.7 Å². The molecule has 0 radical (unpaired) electrons. The Labute approximate surface area is 104 Å². The van der Waals surface area contributed by atoms with E-state index in [1.807, 2.05) is 0 Å². The molecule has 6 nitrogen and oxygen atoms in total. The second kappa shape index (κ2) is 4.97. The number of carbonyl (C=O) groups is 1. The lowest BCUT2D eigenvalue weighted by Gasteiger charge is -2.10. The van der Waals surface area contributed by atoms with Gasteiger partial charge in [-0.25, -0.2) is 23.2 Å². The lowest BCUT2D eigenvalue weighted by Crippen LogP contribution is -2.17. The van der Waals surface area contributed by atoms with Crippen LogP contribution in [0.2, 0.25) is 5.15 Å². The van der Waals surface area contributed by atoms with Crippen LogP contribution in [-0.4, -0.2) is 36.7 Å². The molecule has 0 aromatic carbocycles. The Hall–Kier alpha value is -1.21. The molecular weight excluding hydrogens is 268 g/mol. The van der Waals surface area contributed by atoms with E-state index in [4.69, 9.17) is 16.3 Å². The van der Waals surface area contributed by atoms with Crippen LogP contribution < -0.4 is 0 Å². The molecule has 0 aliphatic carbocycles. The monoisotopic (exact) mass is 278 g/mol. The number of carbonyl (C=O) groups excluding carboxylic acids is 1. The van der Waals surface area contributed by atoms with Crippen molar-refractivity contribution in [3.05, 3.63) is 17.0 Å². The first-order chi connectivity index (χ1) is 7.73. The molecule has 94 valence electrons. The average Bonchev–Trinajstić information content (AvgIpc) is 2.14. The summed E-state index contributed by atoms with van der Waals surface area (Å²) in [6, 6.07) is 0. The minimum atomic E-state index is -3.67. The molecule has 1 heterocycles. The predicted molar refractivity (Wildman–Crippen MR) is 60.7 cm³/mol. The Kier molecular flexibility index (Phi) is 4.05. The minimum absolute atomic E-state index is 0.244. The van der Waals surface area contributed by atoms with Gasteiger partial charge in [0.2, 0.25) is 0 Å². The number of ether oxygens (including phenoxy) is 1. The summed E-state index contributed by atoms with van der Waals surface area (Å²) in [4.78, 5) is 18.8. The SMILES string of the molecule is CC(C)OC(=O)c1c(Cl)ncnc1S(C)(=O)=O. The van der Waals surface area contributed by atoms with E-state index >= 15 is 0 Å². The fourth-order valence-electron chi connectivity index (χ4n) is 1.07. The van der Waals surface area contributed by atoms with E-state index in [1.54, 1.807) is 13.8 Å². The van der Waals surface area contributed by atoms with Crippen molar-refractivity contribution in [2.24, 2.45) is 0 Å². The summed E-state index contributed by atoms with van der Waals surface area (Å²) in [5.74, 6) is -0.856. The van der Waals surface area contributed by atoms with Gasteiger partial charge in [-0.2, -0.15) is 0 Å². The van der Waals surface area contributed by atoms with Crippen LogP contribution in [0.15, 0.2) is 11.4 Å². The van der Waals surface area contributed by atoms with Gasteiger partial charge in [-0.05, 0) is 13.8 Å². The summed E-state index contributed by atoms with van der Waals surface area (Å²) in [6.07, 6.45) is 1.51. The van der Waals surface area contributed by atoms with Gasteiger partial charge >= 0.3 is 5.97 Å². The number of aromatic nitrogens is 2. The van der Waals surface area contributed by atoms with Crippen LogP contribution in [0.3, 0.4) is 0 Å². The Morgan fingerprint density at radius 2 is 2.00 bits per heavy atom. The highest BCUT2D eigenvalue weighted by molar-refractivity contribution is 7.90. The van der Waals surface area contributed by atoms with E-state index in [1.165, 1.54) is 0 Å². The van der Waals surface area contributed by atoms with Crippen LogP contribution in [0.1, 0.15) is 24.2 Å². The summed E-state index contributed by atoms with van der Waals surface area (Å²) >= 11 is 5.70. The van der Waals surface area contributed by atoms with Crippen molar-refractivity contribution in [1.82, 2.24) is 9.97 Å². The third-order valence-electron chi connectivity index (χ3n) is 1.66. The number of sulfone groups is 1. The van der Waals surface area contributed by atoms with Gasteiger partial charge in [0.15, 0.2) is 14.9 Å². The molecule has 0 aliphatic rings. The summed E-state index contributed by atoms with van der Waals surface area (Å²) in [7, 11) is -3.67. The van der Waals surface area contributed by atoms with Crippen molar-refractivity contribution < 1.29 is 17.9 Å². The molecule has 0 aliphatic heterocycles. The van der Waals surface area contributed by atoms with Crippen molar-refractivity contribution in [3.8, 4) is 0 Å². The first kappa shape index (κ1) is 13.9. The van der Waals surface area contributed by atoms with Crippen molar-refractivity contribution in [2.75, 3.05) is 6.26 Å². The van der Waals surface area contributed by atoms with Crippen LogP contribution in [0.5, 0.6) is 0 Å². The maximum Gasteiger partial charge on any atom is 0.344 e. The first-order valence-electron chi connectivity index (χ1n) is 4.65. The van der Waals surface area contributed by atoms with Gasteiger partial charge in [0.1, 0.15) is 17.0 Å². The standard InChI is InChI=1S/C9H11ClN2O4S/c1-5(2)16-9(13)6-7(10)11-4-12-8(6)17(3,14)15/h4-5H,1-3H3. The Bertz CT molecular complexity index is 542. The molecule has 0 N–H and O–H groups in total. The molecule has 1 aromatic heterocycles. The number of nitrogens with zero attached hydrogens (tertiary/aromatic N) is 2. The zero-order valence-corrected chi connectivity index (χ0v) is 11.0. The zero-order valence-electron chi connectivity index (χ0n) is 9.47. The highest BCUT2D eigenvalue weighted by atomic mass is 35.5. The molecule has 0 atom stereocenters. The molecule has 0 unspecified atom stereocenters. The fraction of sp³-hybridized carbons (Fsp3) is 0.444. The highest BCUT2D eigenvalue weighted by Crippen LogP contribution is 2.21. The molecule has 0 fully saturated rings. The maximum absolute atomic E-state index is 11.7. The Morgan fingerprint density at radius 1 is 1.41 bits per heavy atom. The number of halogens is 1. The molecule has 8 heteroatoms. The number of rotatable bonds is 3. The quantitative estimate of drug-likeness (QED) is 0.608. The van der Waals surface area contributed by atoms with Crippen LogP contribution in [0.4, 0.5) is 0 Å². The summed E-state index contributed by atoms with van der Waals surface area (Å²) < 4.78 is 27.8. The van der Waals surface area contributed by atoms with Crippen LogP contribution >= 0.6 is 11.6 Å². The molecule has 0 spiro atoms. The first-order valence-corrected chi connectivity index (χ1v) is 6.92. The lowest BCUT2D eigenvalue weighted by atomic mass is 10.3. The van der Waals surface area contributed by atoms with Gasteiger partial charge in [0, 0.05) is 6.26 Å². The molecule has 0 bridgehead atoms. The number of esters is 1. The van der Waals surface area contributed by atoms with Crippen LogP contribution in [0, 0.1) is 0 Å². The van der Waals surface area contributed by atoms with Gasteiger partial charge < -0.3 is 4.74 Å². The predicted octanol–water partition coefficient (Wildman–Crippen LogP) is 1.10. The van der Waals surface area contributed by atoms with Crippen molar-refractivity contribution >= 4 is 27.4 Å². The van der Waals surface area contributed by atoms with Gasteiger partial charge in [-0.15, -0.1) is 0 Å². The molecule has 0 saturated heterocycles. The van der Waals surface area contributed by atoms with E-state index in [2.05, 4.69) is 9.97 Å². The van der Waals surface area contributed by atoms with Gasteiger partial charge in [-0.1, -0.05) is 11.6 Å². The topological polar surface area (TPSA) is 86.2 Å². The molecule has 17 heavy (non-hydrogen) atoms. The maximum atomic E-state index is 11.7. The molecule has 1 aromatic rings. The van der Waals surface area contributed by atoms with Crippen molar-refractivity contribution in [3.63, 3.8) is 0 Å². The minimum Gasteiger partial charge on any atom is -0.459 e. The number of hydrogen-bond acceptors (Lipinski definition) is 6. The van der Waals surface area contributed by atoms with Gasteiger partial charge in [-0.3, -0.25) is 0 Å². The van der Waals surface area contributed by atoms with E-state index in [9.17, 15) is 13.2 Å². The third kappa shape index (κ3) is 3.37. The fourth-order valence-corrected chi connectivity index (χ4v) is 2.13. The van der Waals surface area contributed by atoms with Crippen molar-refractivity contribution in [1.29, 1.82) is 0 Å². The molecule has 0 saturated carbocycles. The van der Waals surface area contributed by atoms with Crippen LogP contribution in [0.25, 0.3) is 0 Å². The second-order valence-electron chi connectivity index (χ2n) is 3.57. The Balaban J connectivity index is 3.36. The molecule has 1 rings (SSSR count). The van der Waals surface area contributed by atoms with Crippen molar-refractivity contribution in [2.45, 2.75) is 25.0 Å². The van der Waals surface area contributed by atoms with Gasteiger partial charge in [0.25, 0.3) is 0 Å². The molecular formula is C9H11ClN2O4S.